The Morgan fingerprint density at radius 3 is 2.13 bits per heavy atom. The first-order chi connectivity index (χ1) is 15.2. The van der Waals surface area contributed by atoms with Crippen LogP contribution in [0.2, 0.25) is 0 Å². The lowest BCUT2D eigenvalue weighted by Crippen LogP contribution is -2.35. The van der Waals surface area contributed by atoms with Gasteiger partial charge in [0.25, 0.3) is 6.01 Å². The van der Waals surface area contributed by atoms with Gasteiger partial charge < -0.3 is 23.5 Å². The molecule has 31 heavy (non-hydrogen) atoms. The number of hydrogen-bond acceptors (Lipinski definition) is 7. The predicted octanol–water partition coefficient (Wildman–Crippen LogP) is 3.73. The maximum atomic E-state index is 5.92. The smallest absolute Gasteiger partial charge is 0.298 e. The van der Waals surface area contributed by atoms with E-state index >= 15 is 0 Å². The van der Waals surface area contributed by atoms with Crippen molar-refractivity contribution in [2.75, 3.05) is 45.4 Å². The molecular formula is C24H29N3O4. The van der Waals surface area contributed by atoms with Crippen LogP contribution in [0.25, 0.3) is 0 Å². The molecule has 3 aromatic rings. The van der Waals surface area contributed by atoms with Crippen LogP contribution in [0.5, 0.6) is 11.5 Å². The fraction of sp³-hybridized carbons (Fsp3) is 0.375. The fourth-order valence-corrected chi connectivity index (χ4v) is 3.68. The van der Waals surface area contributed by atoms with Crippen molar-refractivity contribution < 1.29 is 18.6 Å². The number of ether oxygens (including phenoxy) is 3. The molecule has 7 heteroatoms. The van der Waals surface area contributed by atoms with Gasteiger partial charge in [0.1, 0.15) is 17.8 Å². The Hall–Kier alpha value is -3.03. The molecule has 1 fully saturated rings. The standard InChI is InChI=1S/C24H29N3O4/c1-28-22-7-3-5-19(13-22)15-27(16-20-6-4-8-23(14-20)29-2)24-25-21(18-31-24)17-26-9-11-30-12-10-26/h3-8,13-14,18H,9-12,15-17H2,1-2H3. The third-order valence-corrected chi connectivity index (χ3v) is 5.31. The third kappa shape index (κ3) is 5.77. The van der Waals surface area contributed by atoms with Gasteiger partial charge in [-0.05, 0) is 35.4 Å². The summed E-state index contributed by atoms with van der Waals surface area (Å²) in [5.74, 6) is 1.67. The van der Waals surface area contributed by atoms with E-state index in [2.05, 4.69) is 21.9 Å². The van der Waals surface area contributed by atoms with E-state index in [4.69, 9.17) is 23.6 Å². The van der Waals surface area contributed by atoms with Crippen molar-refractivity contribution in [1.82, 2.24) is 9.88 Å². The number of morpholine rings is 1. The second-order valence-corrected chi connectivity index (χ2v) is 7.57. The largest absolute Gasteiger partial charge is 0.497 e. The van der Waals surface area contributed by atoms with E-state index in [0.717, 1.165) is 61.2 Å². The summed E-state index contributed by atoms with van der Waals surface area (Å²) in [4.78, 5) is 9.26. The van der Waals surface area contributed by atoms with Crippen LogP contribution in [-0.4, -0.2) is 50.4 Å². The minimum atomic E-state index is 0.605. The van der Waals surface area contributed by atoms with Crippen LogP contribution in [0.15, 0.2) is 59.2 Å². The topological polar surface area (TPSA) is 60.2 Å². The Balaban J connectivity index is 1.55. The molecule has 164 valence electrons. The zero-order valence-electron chi connectivity index (χ0n) is 18.1. The van der Waals surface area contributed by atoms with Crippen LogP contribution in [0, 0.1) is 0 Å². The lowest BCUT2D eigenvalue weighted by Gasteiger charge is -2.25. The van der Waals surface area contributed by atoms with E-state index in [1.54, 1.807) is 20.5 Å². The van der Waals surface area contributed by atoms with E-state index < -0.39 is 0 Å². The molecule has 0 radical (unpaired) electrons. The van der Waals surface area contributed by atoms with Crippen LogP contribution in [0.3, 0.4) is 0 Å². The Kier molecular flexibility index (Phi) is 7.07. The van der Waals surface area contributed by atoms with E-state index in [1.165, 1.54) is 0 Å². The van der Waals surface area contributed by atoms with Gasteiger partial charge in [-0.15, -0.1) is 0 Å². The summed E-state index contributed by atoms with van der Waals surface area (Å²) in [6.07, 6.45) is 1.76. The summed E-state index contributed by atoms with van der Waals surface area (Å²) in [5.41, 5.74) is 3.17. The summed E-state index contributed by atoms with van der Waals surface area (Å²) in [6, 6.07) is 16.7. The summed E-state index contributed by atoms with van der Waals surface area (Å²) in [5, 5.41) is 0. The predicted molar refractivity (Wildman–Crippen MR) is 118 cm³/mol. The Morgan fingerprint density at radius 1 is 0.935 bits per heavy atom. The quantitative estimate of drug-likeness (QED) is 0.520. The van der Waals surface area contributed by atoms with Crippen molar-refractivity contribution >= 4 is 6.01 Å². The van der Waals surface area contributed by atoms with Gasteiger partial charge in [0, 0.05) is 32.7 Å². The number of nitrogens with zero attached hydrogens (tertiary/aromatic N) is 3. The van der Waals surface area contributed by atoms with Crippen molar-refractivity contribution in [2.24, 2.45) is 0 Å². The molecule has 2 heterocycles. The molecule has 0 unspecified atom stereocenters. The monoisotopic (exact) mass is 423 g/mol. The zero-order valence-corrected chi connectivity index (χ0v) is 18.1. The average Bonchev–Trinajstić information content (AvgIpc) is 3.28. The van der Waals surface area contributed by atoms with Gasteiger partial charge in [0.2, 0.25) is 0 Å². The van der Waals surface area contributed by atoms with Crippen LogP contribution in [0.4, 0.5) is 6.01 Å². The molecule has 0 amide bonds. The fourth-order valence-electron chi connectivity index (χ4n) is 3.68. The summed E-state index contributed by atoms with van der Waals surface area (Å²) in [6.45, 7) is 5.42. The lowest BCUT2D eigenvalue weighted by atomic mass is 10.1. The van der Waals surface area contributed by atoms with Gasteiger partial charge >= 0.3 is 0 Å². The van der Waals surface area contributed by atoms with Crippen molar-refractivity contribution in [3.63, 3.8) is 0 Å². The molecule has 4 rings (SSSR count). The summed E-state index contributed by atoms with van der Waals surface area (Å²) < 4.78 is 22.1. The lowest BCUT2D eigenvalue weighted by molar-refractivity contribution is 0.0336. The number of methoxy groups -OCH3 is 2. The van der Waals surface area contributed by atoms with Crippen molar-refractivity contribution in [3.8, 4) is 11.5 Å². The molecule has 7 nitrogen and oxygen atoms in total. The molecule has 1 saturated heterocycles. The highest BCUT2D eigenvalue weighted by Gasteiger charge is 2.18. The molecule has 2 aromatic carbocycles. The highest BCUT2D eigenvalue weighted by atomic mass is 16.5. The highest BCUT2D eigenvalue weighted by Crippen LogP contribution is 2.24. The number of anilines is 1. The molecule has 0 N–H and O–H groups in total. The number of rotatable bonds is 9. The SMILES string of the molecule is COc1cccc(CN(Cc2cccc(OC)c2)c2nc(CN3CCOCC3)co2)c1. The second-order valence-electron chi connectivity index (χ2n) is 7.57. The maximum absolute atomic E-state index is 5.92. The van der Waals surface area contributed by atoms with Crippen LogP contribution in [0.1, 0.15) is 16.8 Å². The van der Waals surface area contributed by atoms with Crippen LogP contribution < -0.4 is 14.4 Å². The average molecular weight is 424 g/mol. The van der Waals surface area contributed by atoms with E-state index in [1.807, 2.05) is 36.4 Å². The first-order valence-corrected chi connectivity index (χ1v) is 10.5. The van der Waals surface area contributed by atoms with Crippen LogP contribution >= 0.6 is 0 Å². The van der Waals surface area contributed by atoms with E-state index in [9.17, 15) is 0 Å². The zero-order chi connectivity index (χ0) is 21.5. The third-order valence-electron chi connectivity index (χ3n) is 5.31. The number of oxazole rings is 1. The first-order valence-electron chi connectivity index (χ1n) is 10.5. The maximum Gasteiger partial charge on any atom is 0.298 e. The van der Waals surface area contributed by atoms with Gasteiger partial charge in [0.15, 0.2) is 0 Å². The summed E-state index contributed by atoms with van der Waals surface area (Å²) >= 11 is 0. The molecule has 1 aromatic heterocycles. The first kappa shape index (κ1) is 21.2. The normalized spacial score (nSPS) is 14.4. The van der Waals surface area contributed by atoms with Crippen molar-refractivity contribution in [3.05, 3.63) is 71.6 Å². The second kappa shape index (κ2) is 10.3. The van der Waals surface area contributed by atoms with Crippen molar-refractivity contribution in [2.45, 2.75) is 19.6 Å². The van der Waals surface area contributed by atoms with Gasteiger partial charge in [0.05, 0.1) is 33.1 Å². The van der Waals surface area contributed by atoms with Crippen LogP contribution in [-0.2, 0) is 24.4 Å². The molecule has 0 spiro atoms. The number of benzene rings is 2. The van der Waals surface area contributed by atoms with Gasteiger partial charge in [-0.3, -0.25) is 4.90 Å². The number of aromatic nitrogens is 1. The minimum Gasteiger partial charge on any atom is -0.497 e. The summed E-state index contributed by atoms with van der Waals surface area (Å²) in [7, 11) is 3.36. The van der Waals surface area contributed by atoms with Crippen molar-refractivity contribution in [1.29, 1.82) is 0 Å². The molecule has 0 aliphatic carbocycles. The molecule has 0 bridgehead atoms. The molecule has 0 atom stereocenters. The van der Waals surface area contributed by atoms with Gasteiger partial charge in [-0.25, -0.2) is 0 Å². The van der Waals surface area contributed by atoms with E-state index in [-0.39, 0.29) is 0 Å². The van der Waals surface area contributed by atoms with Gasteiger partial charge in [-0.1, -0.05) is 24.3 Å². The molecular weight excluding hydrogens is 394 g/mol. The highest BCUT2D eigenvalue weighted by molar-refractivity contribution is 5.37. The Labute approximate surface area is 183 Å². The number of hydrogen-bond donors (Lipinski definition) is 0. The Bertz CT molecular complexity index is 919. The Morgan fingerprint density at radius 2 is 1.55 bits per heavy atom. The molecule has 0 saturated carbocycles. The molecule has 1 aliphatic rings. The van der Waals surface area contributed by atoms with Gasteiger partial charge in [-0.2, -0.15) is 4.98 Å². The van der Waals surface area contributed by atoms with E-state index in [0.29, 0.717) is 19.1 Å². The minimum absolute atomic E-state index is 0.605. The molecule has 1 aliphatic heterocycles.